The number of hydrogen-bond acceptors (Lipinski definition) is 6. The van der Waals surface area contributed by atoms with Crippen molar-refractivity contribution < 1.29 is 19.1 Å². The number of halogens is 1. The largest absolute Gasteiger partial charge is 0.465 e. The molecule has 0 radical (unpaired) electrons. The summed E-state index contributed by atoms with van der Waals surface area (Å²) < 4.78 is 12.5. The Morgan fingerprint density at radius 3 is 2.55 bits per heavy atom. The predicted molar refractivity (Wildman–Crippen MR) is 133 cm³/mol. The van der Waals surface area contributed by atoms with Crippen molar-refractivity contribution in [3.8, 4) is 6.07 Å². The zero-order valence-corrected chi connectivity index (χ0v) is 21.9. The molecule has 2 aliphatic heterocycles. The number of nitriles is 1. The lowest BCUT2D eigenvalue weighted by molar-refractivity contribution is -0.0238. The number of ether oxygens (including phenoxy) is 1. The number of carbonyl (C=O) groups is 1. The van der Waals surface area contributed by atoms with Crippen LogP contribution in [0.3, 0.4) is 0 Å². The minimum absolute atomic E-state index is 0.0320. The van der Waals surface area contributed by atoms with Gasteiger partial charge in [-0.3, -0.25) is 10.2 Å². The van der Waals surface area contributed by atoms with E-state index in [1.165, 1.54) is 6.07 Å². The van der Waals surface area contributed by atoms with Crippen LogP contribution in [0.15, 0.2) is 12.1 Å². The molecule has 2 saturated heterocycles. The summed E-state index contributed by atoms with van der Waals surface area (Å²) in [6.07, 6.45) is -0.368. The molecule has 1 aromatic rings. The summed E-state index contributed by atoms with van der Waals surface area (Å²) in [6, 6.07) is 5.58. The second kappa shape index (κ2) is 10.2. The zero-order valence-electron chi connectivity index (χ0n) is 20.2. The summed E-state index contributed by atoms with van der Waals surface area (Å²) in [5.41, 5.74) is 1.23. The molecule has 0 saturated carbocycles. The summed E-state index contributed by atoms with van der Waals surface area (Å²) in [5, 5.41) is 21.4. The molecule has 0 unspecified atom stereocenters. The summed E-state index contributed by atoms with van der Waals surface area (Å²) in [4.78, 5) is 15.8. The number of hydrogen-bond donors (Lipinski definition) is 2. The Morgan fingerprint density at radius 2 is 1.97 bits per heavy atom. The minimum atomic E-state index is -2.05. The maximum absolute atomic E-state index is 11.2. The monoisotopic (exact) mass is 494 g/mol. The fourth-order valence-corrected chi connectivity index (χ4v) is 5.85. The summed E-state index contributed by atoms with van der Waals surface area (Å²) in [6.45, 7) is 15.8. The highest BCUT2D eigenvalue weighted by Crippen LogP contribution is 2.41. The van der Waals surface area contributed by atoms with Gasteiger partial charge < -0.3 is 19.2 Å². The van der Waals surface area contributed by atoms with Crippen LogP contribution >= 0.6 is 11.6 Å². The van der Waals surface area contributed by atoms with Crippen molar-refractivity contribution in [3.63, 3.8) is 0 Å². The van der Waals surface area contributed by atoms with Crippen LogP contribution in [0.1, 0.15) is 32.8 Å². The van der Waals surface area contributed by atoms with Gasteiger partial charge in [0.25, 0.3) is 0 Å². The van der Waals surface area contributed by atoms with Crippen LogP contribution in [-0.2, 0) is 9.16 Å². The average Bonchev–Trinajstić information content (AvgIpc) is 2.74. The molecule has 0 aliphatic carbocycles. The molecular formula is C23H35ClN4O4Si. The summed E-state index contributed by atoms with van der Waals surface area (Å²) in [5.74, 6) is 0. The van der Waals surface area contributed by atoms with E-state index in [9.17, 15) is 15.2 Å². The molecule has 0 bridgehead atoms. The lowest BCUT2D eigenvalue weighted by atomic mass is 9.98. The highest BCUT2D eigenvalue weighted by molar-refractivity contribution is 6.74. The molecule has 3 rings (SSSR count). The van der Waals surface area contributed by atoms with Gasteiger partial charge in [0.2, 0.25) is 0 Å². The number of anilines is 2. The van der Waals surface area contributed by atoms with Gasteiger partial charge in [-0.2, -0.15) is 5.26 Å². The molecule has 2 atom stereocenters. The number of morpholine rings is 1. The van der Waals surface area contributed by atoms with Crippen LogP contribution in [0.25, 0.3) is 0 Å². The SMILES string of the molecule is CC(C)(C)[Si](C)(C)O[C@@H]1CN(c2cc(C#N)cc(NC(=O)O)c2Cl)CC[C@H]1N1CCOCC1. The summed E-state index contributed by atoms with van der Waals surface area (Å²) in [7, 11) is -2.05. The van der Waals surface area contributed by atoms with Crippen LogP contribution < -0.4 is 10.2 Å². The molecule has 182 valence electrons. The third kappa shape index (κ3) is 6.00. The number of amides is 1. The van der Waals surface area contributed by atoms with Crippen molar-refractivity contribution >= 4 is 37.4 Å². The van der Waals surface area contributed by atoms with Crippen LogP contribution in [0.2, 0.25) is 23.2 Å². The van der Waals surface area contributed by atoms with Gasteiger partial charge in [0.1, 0.15) is 0 Å². The molecule has 2 heterocycles. The van der Waals surface area contributed by atoms with E-state index in [-0.39, 0.29) is 22.9 Å². The van der Waals surface area contributed by atoms with E-state index in [1.807, 2.05) is 0 Å². The first-order valence-electron chi connectivity index (χ1n) is 11.4. The number of nitrogens with zero attached hydrogens (tertiary/aromatic N) is 3. The quantitative estimate of drug-likeness (QED) is 0.577. The van der Waals surface area contributed by atoms with Crippen LogP contribution in [0.4, 0.5) is 16.2 Å². The van der Waals surface area contributed by atoms with Gasteiger partial charge in [-0.25, -0.2) is 4.79 Å². The molecule has 2 aliphatic rings. The van der Waals surface area contributed by atoms with E-state index in [1.54, 1.807) is 6.07 Å². The van der Waals surface area contributed by atoms with Crippen molar-refractivity contribution in [1.82, 2.24) is 4.90 Å². The maximum atomic E-state index is 11.2. The number of rotatable bonds is 5. The Labute approximate surface area is 202 Å². The molecule has 0 aromatic heterocycles. The van der Waals surface area contributed by atoms with Gasteiger partial charge in [0.15, 0.2) is 8.32 Å². The summed E-state index contributed by atoms with van der Waals surface area (Å²) >= 11 is 6.62. The average molecular weight is 495 g/mol. The van der Waals surface area contributed by atoms with E-state index in [4.69, 9.17) is 20.8 Å². The highest BCUT2D eigenvalue weighted by atomic mass is 35.5. The second-order valence-corrected chi connectivity index (χ2v) is 15.4. The first kappa shape index (κ1) is 25.8. The normalized spacial score (nSPS) is 22.6. The Hall–Kier alpha value is -1.83. The van der Waals surface area contributed by atoms with Gasteiger partial charge in [-0.15, -0.1) is 0 Å². The molecule has 8 nitrogen and oxygen atoms in total. The van der Waals surface area contributed by atoms with Gasteiger partial charge in [-0.05, 0) is 36.7 Å². The number of nitrogens with one attached hydrogen (secondary N) is 1. The van der Waals surface area contributed by atoms with Crippen molar-refractivity contribution in [2.45, 2.75) is 57.5 Å². The van der Waals surface area contributed by atoms with E-state index in [0.29, 0.717) is 22.8 Å². The topological polar surface area (TPSA) is 98.1 Å². The Morgan fingerprint density at radius 1 is 1.30 bits per heavy atom. The van der Waals surface area contributed by atoms with Gasteiger partial charge in [0, 0.05) is 32.2 Å². The van der Waals surface area contributed by atoms with Gasteiger partial charge in [0.05, 0.1) is 47.3 Å². The first-order valence-corrected chi connectivity index (χ1v) is 14.7. The third-order valence-corrected chi connectivity index (χ3v) is 12.0. The van der Waals surface area contributed by atoms with Crippen molar-refractivity contribution in [2.75, 3.05) is 49.6 Å². The minimum Gasteiger partial charge on any atom is -0.465 e. The molecule has 1 amide bonds. The Balaban J connectivity index is 1.93. The lowest BCUT2D eigenvalue weighted by Crippen LogP contribution is -2.60. The molecule has 0 spiro atoms. The molecule has 33 heavy (non-hydrogen) atoms. The predicted octanol–water partition coefficient (Wildman–Crippen LogP) is 4.60. The van der Waals surface area contributed by atoms with E-state index >= 15 is 0 Å². The number of carboxylic acid groups (broad SMARTS) is 1. The van der Waals surface area contributed by atoms with Gasteiger partial charge >= 0.3 is 6.09 Å². The van der Waals surface area contributed by atoms with E-state index in [0.717, 1.165) is 39.3 Å². The number of benzene rings is 1. The highest BCUT2D eigenvalue weighted by Gasteiger charge is 2.44. The van der Waals surface area contributed by atoms with E-state index < -0.39 is 14.4 Å². The molecule has 10 heteroatoms. The lowest BCUT2D eigenvalue weighted by Gasteiger charge is -2.49. The van der Waals surface area contributed by atoms with Crippen LogP contribution in [-0.4, -0.2) is 76.0 Å². The van der Waals surface area contributed by atoms with Crippen LogP contribution in [0.5, 0.6) is 0 Å². The Bertz CT molecular complexity index is 909. The first-order chi connectivity index (χ1) is 15.4. The maximum Gasteiger partial charge on any atom is 0.409 e. The van der Waals surface area contributed by atoms with E-state index in [2.05, 4.69) is 55.1 Å². The fraction of sp³-hybridized carbons (Fsp3) is 0.652. The zero-order chi connectivity index (χ0) is 24.4. The molecule has 1 aromatic carbocycles. The van der Waals surface area contributed by atoms with Crippen molar-refractivity contribution in [2.24, 2.45) is 0 Å². The molecule has 2 fully saturated rings. The smallest absolute Gasteiger partial charge is 0.409 e. The Kier molecular flexibility index (Phi) is 7.97. The second-order valence-electron chi connectivity index (χ2n) is 10.3. The van der Waals surface area contributed by atoms with Crippen LogP contribution in [0, 0.1) is 11.3 Å². The number of piperidine rings is 1. The molecule has 2 N–H and O–H groups in total. The third-order valence-electron chi connectivity index (χ3n) is 7.06. The standard InChI is InChI=1S/C23H35ClN4O4Si/c1-23(2,3)33(4,5)32-20-15-28(7-6-18(20)27-8-10-31-11-9-27)19-13-16(14-25)12-17(21(19)24)26-22(29)30/h12-13,18,20,26H,6-11,15H2,1-5H3,(H,29,30)/t18-,20-/m1/s1. The van der Waals surface area contributed by atoms with Gasteiger partial charge in [-0.1, -0.05) is 32.4 Å². The fourth-order valence-electron chi connectivity index (χ4n) is 4.23. The van der Waals surface area contributed by atoms with Crippen molar-refractivity contribution in [1.29, 1.82) is 5.26 Å². The van der Waals surface area contributed by atoms with Crippen molar-refractivity contribution in [3.05, 3.63) is 22.7 Å². The molecular weight excluding hydrogens is 460 g/mol.